The van der Waals surface area contributed by atoms with Crippen LogP contribution in [-0.4, -0.2) is 11.9 Å². The smallest absolute Gasteiger partial charge is 0.135 e. The van der Waals surface area contributed by atoms with Gasteiger partial charge in [-0.05, 0) is 63.5 Å². The predicted molar refractivity (Wildman–Crippen MR) is 122 cm³/mol. The van der Waals surface area contributed by atoms with Crippen LogP contribution in [0.4, 0.5) is 0 Å². The van der Waals surface area contributed by atoms with Gasteiger partial charge in [-0.2, -0.15) is 0 Å². The number of ketones is 1. The molecule has 2 heteroatoms. The molecule has 0 bridgehead atoms. The number of ether oxygens (including phenoxy) is 1. The number of aryl methyl sites for hydroxylation is 2. The van der Waals surface area contributed by atoms with Gasteiger partial charge < -0.3 is 4.74 Å². The van der Waals surface area contributed by atoms with Gasteiger partial charge in [0.05, 0.1) is 12.7 Å². The van der Waals surface area contributed by atoms with E-state index in [4.69, 9.17) is 4.74 Å². The topological polar surface area (TPSA) is 26.3 Å². The molecular weight excluding hydrogens is 356 g/mol. The first-order valence-corrected chi connectivity index (χ1v) is 11.2. The lowest BCUT2D eigenvalue weighted by atomic mass is 9.68. The first-order valence-electron chi connectivity index (χ1n) is 11.2. The second-order valence-electron chi connectivity index (χ2n) is 8.42. The number of rotatable bonds is 7. The van der Waals surface area contributed by atoms with Crippen molar-refractivity contribution in [2.24, 2.45) is 5.41 Å². The maximum atomic E-state index is 12.0. The predicted octanol–water partition coefficient (Wildman–Crippen LogP) is 7.08. The van der Waals surface area contributed by atoms with E-state index in [0.717, 1.165) is 44.9 Å². The Morgan fingerprint density at radius 2 is 1.59 bits per heavy atom. The summed E-state index contributed by atoms with van der Waals surface area (Å²) in [7, 11) is 0. The zero-order valence-electron chi connectivity index (χ0n) is 18.7. The highest BCUT2D eigenvalue weighted by Gasteiger charge is 2.38. The lowest BCUT2D eigenvalue weighted by Gasteiger charge is -2.38. The maximum Gasteiger partial charge on any atom is 0.135 e. The molecule has 0 spiro atoms. The third-order valence-corrected chi connectivity index (χ3v) is 6.22. The van der Waals surface area contributed by atoms with Crippen molar-refractivity contribution >= 4 is 5.78 Å². The summed E-state index contributed by atoms with van der Waals surface area (Å²) in [6, 6.07) is 19.0. The molecule has 158 valence electrons. The monoisotopic (exact) mass is 394 g/mol. The first kappa shape index (κ1) is 23.3. The fourth-order valence-electron chi connectivity index (χ4n) is 4.18. The molecule has 0 aliphatic heterocycles. The van der Waals surface area contributed by atoms with Crippen molar-refractivity contribution in [1.82, 2.24) is 0 Å². The van der Waals surface area contributed by atoms with Gasteiger partial charge in [0, 0.05) is 5.41 Å². The van der Waals surface area contributed by atoms with E-state index in [1.54, 1.807) is 6.92 Å². The summed E-state index contributed by atoms with van der Waals surface area (Å²) in [6.45, 7) is 8.90. The van der Waals surface area contributed by atoms with E-state index in [1.807, 2.05) is 18.2 Å². The van der Waals surface area contributed by atoms with Crippen LogP contribution in [0.15, 0.2) is 54.6 Å². The molecule has 0 atom stereocenters. The average molecular weight is 395 g/mol. The highest BCUT2D eigenvalue weighted by molar-refractivity contribution is 5.82. The normalized spacial score (nSPS) is 21.2. The third kappa shape index (κ3) is 7.44. The van der Waals surface area contributed by atoms with E-state index in [1.165, 1.54) is 16.7 Å². The largest absolute Gasteiger partial charge is 0.374 e. The Morgan fingerprint density at radius 1 is 0.966 bits per heavy atom. The lowest BCUT2D eigenvalue weighted by molar-refractivity contribution is -0.131. The van der Waals surface area contributed by atoms with Crippen LogP contribution in [0.1, 0.15) is 76.0 Å². The van der Waals surface area contributed by atoms with Gasteiger partial charge in [0.15, 0.2) is 0 Å². The van der Waals surface area contributed by atoms with Crippen LogP contribution in [0, 0.1) is 12.3 Å². The number of benzene rings is 2. The Morgan fingerprint density at radius 3 is 2.10 bits per heavy atom. The minimum atomic E-state index is -0.0542. The minimum absolute atomic E-state index is 0.0542. The van der Waals surface area contributed by atoms with Gasteiger partial charge in [0.1, 0.15) is 5.78 Å². The fourth-order valence-corrected chi connectivity index (χ4v) is 4.18. The molecule has 2 nitrogen and oxygen atoms in total. The molecule has 1 aliphatic rings. The summed E-state index contributed by atoms with van der Waals surface area (Å²) in [5.41, 5.74) is 3.93. The summed E-state index contributed by atoms with van der Waals surface area (Å²) >= 11 is 0. The number of carbonyl (C=O) groups is 1. The zero-order valence-corrected chi connectivity index (χ0v) is 18.7. The Labute approximate surface area is 177 Å². The highest BCUT2D eigenvalue weighted by atomic mass is 16.5. The maximum absolute atomic E-state index is 12.0. The molecule has 1 aliphatic carbocycles. The number of hydrogen-bond acceptors (Lipinski definition) is 2. The van der Waals surface area contributed by atoms with Crippen molar-refractivity contribution in [3.63, 3.8) is 0 Å². The molecule has 29 heavy (non-hydrogen) atoms. The fraction of sp³-hybridized carbons (Fsp3) is 0.519. The lowest BCUT2D eigenvalue weighted by Crippen LogP contribution is -2.36. The zero-order chi connectivity index (χ0) is 21.1. The summed E-state index contributed by atoms with van der Waals surface area (Å²) in [4.78, 5) is 12.0. The number of Topliss-reactive ketones (excluding diaryl/α,β-unsaturated/α-hetero) is 1. The SMILES string of the molecule is CCCC1(C(C)=O)CCC(OCc2ccccc2)CC1.CCc1ccc(C)cc1. The average Bonchev–Trinajstić information content (AvgIpc) is 2.75. The van der Waals surface area contributed by atoms with Gasteiger partial charge in [0.25, 0.3) is 0 Å². The van der Waals surface area contributed by atoms with Crippen molar-refractivity contribution in [3.8, 4) is 0 Å². The van der Waals surface area contributed by atoms with Gasteiger partial charge >= 0.3 is 0 Å². The summed E-state index contributed by atoms with van der Waals surface area (Å²) in [5.74, 6) is 0.376. The van der Waals surface area contributed by atoms with Crippen molar-refractivity contribution in [2.45, 2.75) is 85.4 Å². The summed E-state index contributed by atoms with van der Waals surface area (Å²) in [5, 5.41) is 0. The van der Waals surface area contributed by atoms with Gasteiger partial charge in [-0.25, -0.2) is 0 Å². The van der Waals surface area contributed by atoms with E-state index in [2.05, 4.69) is 57.2 Å². The molecule has 0 N–H and O–H groups in total. The van der Waals surface area contributed by atoms with Crippen molar-refractivity contribution in [1.29, 1.82) is 0 Å². The van der Waals surface area contributed by atoms with E-state index >= 15 is 0 Å². The number of hydrogen-bond donors (Lipinski definition) is 0. The van der Waals surface area contributed by atoms with Crippen LogP contribution >= 0.6 is 0 Å². The van der Waals surface area contributed by atoms with E-state index in [9.17, 15) is 4.79 Å². The van der Waals surface area contributed by atoms with Crippen LogP contribution in [0.2, 0.25) is 0 Å². The molecule has 2 aromatic rings. The van der Waals surface area contributed by atoms with Crippen molar-refractivity contribution in [3.05, 3.63) is 71.3 Å². The van der Waals surface area contributed by atoms with Gasteiger partial charge in [-0.3, -0.25) is 4.79 Å². The highest BCUT2D eigenvalue weighted by Crippen LogP contribution is 2.42. The molecule has 0 heterocycles. The van der Waals surface area contributed by atoms with Gasteiger partial charge in [0.2, 0.25) is 0 Å². The molecule has 2 aromatic carbocycles. The van der Waals surface area contributed by atoms with Crippen molar-refractivity contribution in [2.75, 3.05) is 0 Å². The van der Waals surface area contributed by atoms with E-state index < -0.39 is 0 Å². The van der Waals surface area contributed by atoms with Crippen LogP contribution < -0.4 is 0 Å². The second kappa shape index (κ2) is 11.9. The Kier molecular flexibility index (Phi) is 9.60. The molecule has 0 saturated heterocycles. The minimum Gasteiger partial charge on any atom is -0.374 e. The molecule has 1 fully saturated rings. The molecule has 0 aromatic heterocycles. The standard InChI is InChI=1S/C18H26O2.C9H12/c1-3-11-18(15(2)19)12-9-17(10-13-18)20-14-16-7-5-4-6-8-16;1-3-9-6-4-8(2)5-7-9/h4-8,17H,3,9-14H2,1-2H3;4-7H,3H2,1-2H3. The molecule has 1 saturated carbocycles. The molecule has 0 amide bonds. The second-order valence-corrected chi connectivity index (χ2v) is 8.42. The van der Waals surface area contributed by atoms with E-state index in [0.29, 0.717) is 18.5 Å². The van der Waals surface area contributed by atoms with Crippen LogP contribution in [0.25, 0.3) is 0 Å². The molecule has 0 radical (unpaired) electrons. The molecular formula is C27H38O2. The Balaban J connectivity index is 0.000000278. The van der Waals surface area contributed by atoms with Gasteiger partial charge in [-0.15, -0.1) is 0 Å². The number of carbonyl (C=O) groups excluding carboxylic acids is 1. The van der Waals surface area contributed by atoms with Crippen LogP contribution in [-0.2, 0) is 22.6 Å². The Bertz CT molecular complexity index is 710. The summed E-state index contributed by atoms with van der Waals surface area (Å²) in [6.07, 6.45) is 7.62. The third-order valence-electron chi connectivity index (χ3n) is 6.22. The van der Waals surface area contributed by atoms with E-state index in [-0.39, 0.29) is 5.41 Å². The van der Waals surface area contributed by atoms with Crippen molar-refractivity contribution < 1.29 is 9.53 Å². The molecule has 0 unspecified atom stereocenters. The quantitative estimate of drug-likeness (QED) is 0.501. The first-order chi connectivity index (χ1) is 14.0. The Hall–Kier alpha value is -1.93. The molecule has 3 rings (SSSR count). The van der Waals surface area contributed by atoms with Gasteiger partial charge in [-0.1, -0.05) is 80.4 Å². The van der Waals surface area contributed by atoms with Crippen LogP contribution in [0.5, 0.6) is 0 Å². The summed E-state index contributed by atoms with van der Waals surface area (Å²) < 4.78 is 6.01. The van der Waals surface area contributed by atoms with Crippen LogP contribution in [0.3, 0.4) is 0 Å².